The summed E-state index contributed by atoms with van der Waals surface area (Å²) < 4.78 is 0.684. The molecule has 1 atom stereocenters. The summed E-state index contributed by atoms with van der Waals surface area (Å²) in [6.07, 6.45) is 1.51. The van der Waals surface area contributed by atoms with Gasteiger partial charge in [0.1, 0.15) is 0 Å². The first-order valence-corrected chi connectivity index (χ1v) is 6.00. The number of hydrogen-bond acceptors (Lipinski definition) is 3. The smallest absolute Gasteiger partial charge is 0.308 e. The summed E-state index contributed by atoms with van der Waals surface area (Å²) in [7, 11) is 0. The monoisotopic (exact) mass is 318 g/mol. The van der Waals surface area contributed by atoms with Crippen molar-refractivity contribution in [3.8, 4) is 0 Å². The number of carbonyl (C=O) groups excluding carboxylic acids is 1. The van der Waals surface area contributed by atoms with Crippen LogP contribution in [-0.4, -0.2) is 28.5 Å². The van der Waals surface area contributed by atoms with Crippen molar-refractivity contribution in [2.75, 3.05) is 11.4 Å². The predicted octanol–water partition coefficient (Wildman–Crippen LogP) is 1.94. The molecule has 1 saturated heterocycles. The van der Waals surface area contributed by atoms with Gasteiger partial charge in [0, 0.05) is 23.6 Å². The fourth-order valence-corrected chi connectivity index (χ4v) is 2.23. The Hall–Kier alpha value is -1.14. The molecular weight excluding hydrogens is 311 g/mol. The molecule has 1 unspecified atom stereocenters. The molecule has 1 amide bonds. The Labute approximate surface area is 111 Å². The van der Waals surface area contributed by atoms with E-state index in [0.717, 1.165) is 0 Å². The topological polar surface area (TPSA) is 70.5 Å². The average Bonchev–Trinajstić information content (AvgIpc) is 2.64. The summed E-state index contributed by atoms with van der Waals surface area (Å²) in [5.41, 5.74) is 0.440. The van der Waals surface area contributed by atoms with Crippen LogP contribution in [0.25, 0.3) is 0 Å². The normalized spacial score (nSPS) is 19.8. The first kappa shape index (κ1) is 12.3. The lowest BCUT2D eigenvalue weighted by molar-refractivity contribution is -0.141. The summed E-state index contributed by atoms with van der Waals surface area (Å²) in [5.74, 6) is -1.91. The Morgan fingerprint density at radius 3 is 2.94 bits per heavy atom. The van der Waals surface area contributed by atoms with E-state index in [1.807, 2.05) is 0 Å². The van der Waals surface area contributed by atoms with Crippen LogP contribution in [0.5, 0.6) is 0 Å². The molecule has 2 rings (SSSR count). The van der Waals surface area contributed by atoms with Crippen molar-refractivity contribution < 1.29 is 14.7 Å². The summed E-state index contributed by atoms with van der Waals surface area (Å²) >= 11 is 9.13. The molecule has 2 heterocycles. The van der Waals surface area contributed by atoms with Crippen LogP contribution in [0.4, 0.5) is 5.69 Å². The molecule has 1 aromatic heterocycles. The Bertz CT molecular complexity index is 494. The number of halogens is 2. The zero-order chi connectivity index (χ0) is 12.6. The molecule has 0 spiro atoms. The van der Waals surface area contributed by atoms with E-state index in [0.29, 0.717) is 10.2 Å². The van der Waals surface area contributed by atoms with E-state index in [1.54, 1.807) is 6.07 Å². The Balaban J connectivity index is 2.32. The second kappa shape index (κ2) is 4.62. The number of carboxylic acid groups (broad SMARTS) is 1. The Morgan fingerprint density at radius 1 is 1.65 bits per heavy atom. The Morgan fingerprint density at radius 2 is 2.35 bits per heavy atom. The third kappa shape index (κ3) is 2.42. The molecule has 0 aromatic carbocycles. The zero-order valence-electron chi connectivity index (χ0n) is 8.56. The number of carboxylic acids is 1. The maximum absolute atomic E-state index is 11.7. The highest BCUT2D eigenvalue weighted by Crippen LogP contribution is 2.31. The van der Waals surface area contributed by atoms with Crippen LogP contribution in [0.15, 0.2) is 16.7 Å². The van der Waals surface area contributed by atoms with Gasteiger partial charge in [0.25, 0.3) is 0 Å². The zero-order valence-corrected chi connectivity index (χ0v) is 10.9. The van der Waals surface area contributed by atoms with Gasteiger partial charge in [-0.25, -0.2) is 4.98 Å². The van der Waals surface area contributed by atoms with Crippen molar-refractivity contribution in [2.24, 2.45) is 5.92 Å². The molecule has 1 N–H and O–H groups in total. The molecule has 0 saturated carbocycles. The minimum absolute atomic E-state index is 0.00181. The molecule has 1 aliphatic rings. The van der Waals surface area contributed by atoms with Gasteiger partial charge in [0.15, 0.2) is 5.15 Å². The number of carbonyl (C=O) groups is 2. The average molecular weight is 320 g/mol. The summed E-state index contributed by atoms with van der Waals surface area (Å²) in [4.78, 5) is 27.8. The van der Waals surface area contributed by atoms with Gasteiger partial charge in [0.2, 0.25) is 5.91 Å². The molecule has 5 nitrogen and oxygen atoms in total. The standard InChI is InChI=1S/C10H8BrClN2O3/c11-6-2-7(9(12)13-3-6)14-4-5(10(16)17)1-8(14)15/h2-3,5H,1,4H2,(H,16,17). The van der Waals surface area contributed by atoms with Crippen LogP contribution in [0, 0.1) is 5.92 Å². The number of hydrogen-bond donors (Lipinski definition) is 1. The van der Waals surface area contributed by atoms with E-state index in [4.69, 9.17) is 16.7 Å². The van der Waals surface area contributed by atoms with Crippen molar-refractivity contribution in [1.29, 1.82) is 0 Å². The van der Waals surface area contributed by atoms with E-state index >= 15 is 0 Å². The molecular formula is C10H8BrClN2O3. The van der Waals surface area contributed by atoms with E-state index in [2.05, 4.69) is 20.9 Å². The van der Waals surface area contributed by atoms with Crippen LogP contribution < -0.4 is 4.90 Å². The van der Waals surface area contributed by atoms with Crippen LogP contribution in [0.2, 0.25) is 5.15 Å². The van der Waals surface area contributed by atoms with Crippen LogP contribution in [-0.2, 0) is 9.59 Å². The van der Waals surface area contributed by atoms with Gasteiger partial charge < -0.3 is 10.0 Å². The third-order valence-electron chi connectivity index (χ3n) is 2.55. The van der Waals surface area contributed by atoms with Crippen LogP contribution in [0.1, 0.15) is 6.42 Å². The largest absolute Gasteiger partial charge is 0.481 e. The van der Waals surface area contributed by atoms with Crippen molar-refractivity contribution in [2.45, 2.75) is 6.42 Å². The summed E-state index contributed by atoms with van der Waals surface area (Å²) in [6.45, 7) is 0.131. The molecule has 0 bridgehead atoms. The fraction of sp³-hybridized carbons (Fsp3) is 0.300. The molecule has 1 aliphatic heterocycles. The summed E-state index contributed by atoms with van der Waals surface area (Å²) in [5, 5.41) is 9.07. The Kier molecular flexibility index (Phi) is 3.35. The quantitative estimate of drug-likeness (QED) is 0.846. The molecule has 0 aliphatic carbocycles. The van der Waals surface area contributed by atoms with E-state index in [-0.39, 0.29) is 24.0 Å². The lowest BCUT2D eigenvalue weighted by Crippen LogP contribution is -2.26. The second-order valence-electron chi connectivity index (χ2n) is 3.71. The lowest BCUT2D eigenvalue weighted by Gasteiger charge is -2.17. The van der Waals surface area contributed by atoms with Gasteiger partial charge in [0.05, 0.1) is 11.6 Å². The fourth-order valence-electron chi connectivity index (χ4n) is 1.71. The van der Waals surface area contributed by atoms with Gasteiger partial charge in [-0.1, -0.05) is 11.6 Å². The third-order valence-corrected chi connectivity index (χ3v) is 3.28. The van der Waals surface area contributed by atoms with E-state index in [1.165, 1.54) is 11.1 Å². The molecule has 0 radical (unpaired) electrons. The maximum Gasteiger partial charge on any atom is 0.308 e. The van der Waals surface area contributed by atoms with Gasteiger partial charge in [-0.15, -0.1) is 0 Å². The highest BCUT2D eigenvalue weighted by molar-refractivity contribution is 9.10. The highest BCUT2D eigenvalue weighted by atomic mass is 79.9. The van der Waals surface area contributed by atoms with Gasteiger partial charge in [-0.05, 0) is 22.0 Å². The van der Waals surface area contributed by atoms with Gasteiger partial charge >= 0.3 is 5.97 Å². The van der Waals surface area contributed by atoms with Crippen molar-refractivity contribution in [3.05, 3.63) is 21.9 Å². The predicted molar refractivity (Wildman–Crippen MR) is 65.0 cm³/mol. The van der Waals surface area contributed by atoms with Crippen molar-refractivity contribution >= 4 is 45.1 Å². The van der Waals surface area contributed by atoms with Gasteiger partial charge in [-0.3, -0.25) is 9.59 Å². The number of anilines is 1. The first-order chi connectivity index (χ1) is 7.99. The summed E-state index contributed by atoms with van der Waals surface area (Å²) in [6, 6.07) is 1.65. The van der Waals surface area contributed by atoms with E-state index in [9.17, 15) is 9.59 Å². The number of aliphatic carboxylic acids is 1. The number of pyridine rings is 1. The molecule has 17 heavy (non-hydrogen) atoms. The number of nitrogens with zero attached hydrogens (tertiary/aromatic N) is 2. The lowest BCUT2D eigenvalue weighted by atomic mass is 10.1. The van der Waals surface area contributed by atoms with E-state index < -0.39 is 11.9 Å². The van der Waals surface area contributed by atoms with Crippen molar-refractivity contribution in [1.82, 2.24) is 4.98 Å². The molecule has 1 fully saturated rings. The van der Waals surface area contributed by atoms with Crippen molar-refractivity contribution in [3.63, 3.8) is 0 Å². The molecule has 7 heteroatoms. The van der Waals surface area contributed by atoms with Crippen LogP contribution in [0.3, 0.4) is 0 Å². The minimum Gasteiger partial charge on any atom is -0.481 e. The number of amides is 1. The van der Waals surface area contributed by atoms with Crippen LogP contribution >= 0.6 is 27.5 Å². The minimum atomic E-state index is -0.972. The number of aromatic nitrogens is 1. The highest BCUT2D eigenvalue weighted by Gasteiger charge is 2.36. The number of rotatable bonds is 2. The van der Waals surface area contributed by atoms with Gasteiger partial charge in [-0.2, -0.15) is 0 Å². The SMILES string of the molecule is O=C(O)C1CC(=O)N(c2cc(Br)cnc2Cl)C1. The second-order valence-corrected chi connectivity index (χ2v) is 4.98. The maximum atomic E-state index is 11.7. The molecule has 1 aromatic rings. The first-order valence-electron chi connectivity index (χ1n) is 4.83. The molecule has 90 valence electrons.